The van der Waals surface area contributed by atoms with Gasteiger partial charge in [0.1, 0.15) is 0 Å². The second-order valence-electron chi connectivity index (χ2n) is 7.36. The lowest BCUT2D eigenvalue weighted by molar-refractivity contribution is -0.115. The molecule has 3 aromatic carbocycles. The summed E-state index contributed by atoms with van der Waals surface area (Å²) in [4.78, 5) is 26.0. The van der Waals surface area contributed by atoms with Crippen LogP contribution in [0, 0.1) is 20.8 Å². The predicted octanol–water partition coefficient (Wildman–Crippen LogP) is 5.98. The Kier molecular flexibility index (Phi) is 6.95. The fraction of sp³-hybridized carbons (Fsp3) is 0.200. The molecule has 0 aliphatic rings. The van der Waals surface area contributed by atoms with Crippen LogP contribution in [0.25, 0.3) is 0 Å². The Morgan fingerprint density at radius 1 is 0.833 bits per heavy atom. The lowest BCUT2D eigenvalue weighted by Gasteiger charge is -2.15. The van der Waals surface area contributed by atoms with Crippen molar-refractivity contribution in [2.45, 2.75) is 37.8 Å². The maximum atomic E-state index is 12.6. The second kappa shape index (κ2) is 9.63. The number of rotatable bonds is 6. The molecule has 2 amide bonds. The summed E-state index contributed by atoms with van der Waals surface area (Å²) < 4.78 is 0. The lowest BCUT2D eigenvalue weighted by Crippen LogP contribution is -2.23. The zero-order valence-corrected chi connectivity index (χ0v) is 18.5. The van der Waals surface area contributed by atoms with E-state index in [0.717, 1.165) is 33.0 Å². The highest BCUT2D eigenvalue weighted by atomic mass is 32.2. The van der Waals surface area contributed by atoms with Crippen LogP contribution in [0.5, 0.6) is 0 Å². The van der Waals surface area contributed by atoms with Crippen molar-refractivity contribution in [2.24, 2.45) is 0 Å². The Hall–Kier alpha value is -3.05. The van der Waals surface area contributed by atoms with Gasteiger partial charge in [-0.25, -0.2) is 0 Å². The Bertz CT molecular complexity index is 1040. The van der Waals surface area contributed by atoms with E-state index >= 15 is 0 Å². The van der Waals surface area contributed by atoms with Gasteiger partial charge in [-0.15, -0.1) is 11.8 Å². The van der Waals surface area contributed by atoms with Crippen molar-refractivity contribution < 1.29 is 9.59 Å². The van der Waals surface area contributed by atoms with E-state index in [-0.39, 0.29) is 17.1 Å². The van der Waals surface area contributed by atoms with Gasteiger partial charge in [-0.05, 0) is 75.2 Å². The largest absolute Gasteiger partial charge is 0.325 e. The Labute approximate surface area is 182 Å². The SMILES string of the molecule is Cc1cccc(C(=O)Nc2ccc(SC(C)C(=O)Nc3c(C)cccc3C)cc2)c1. The molecule has 3 rings (SSSR count). The molecule has 0 fully saturated rings. The number of thioether (sulfide) groups is 1. The highest BCUT2D eigenvalue weighted by molar-refractivity contribution is 8.00. The van der Waals surface area contributed by atoms with Gasteiger partial charge in [-0.3, -0.25) is 9.59 Å². The molecule has 0 radical (unpaired) electrons. The predicted molar refractivity (Wildman–Crippen MR) is 125 cm³/mol. The van der Waals surface area contributed by atoms with E-state index in [1.165, 1.54) is 11.8 Å². The third kappa shape index (κ3) is 5.51. The van der Waals surface area contributed by atoms with Crippen molar-refractivity contribution in [1.29, 1.82) is 0 Å². The van der Waals surface area contributed by atoms with Gasteiger partial charge in [0.05, 0.1) is 5.25 Å². The summed E-state index contributed by atoms with van der Waals surface area (Å²) in [7, 11) is 0. The molecular weight excluding hydrogens is 392 g/mol. The number of amides is 2. The lowest BCUT2D eigenvalue weighted by atomic mass is 10.1. The van der Waals surface area contributed by atoms with Crippen LogP contribution in [0.3, 0.4) is 0 Å². The van der Waals surface area contributed by atoms with Crippen molar-refractivity contribution in [2.75, 3.05) is 10.6 Å². The molecule has 1 unspecified atom stereocenters. The first-order valence-electron chi connectivity index (χ1n) is 9.85. The van der Waals surface area contributed by atoms with Crippen molar-refractivity contribution in [1.82, 2.24) is 0 Å². The maximum absolute atomic E-state index is 12.6. The van der Waals surface area contributed by atoms with E-state index in [9.17, 15) is 9.59 Å². The van der Waals surface area contributed by atoms with Gasteiger partial charge in [-0.1, -0.05) is 35.9 Å². The number of hydrogen-bond acceptors (Lipinski definition) is 3. The molecule has 154 valence electrons. The smallest absolute Gasteiger partial charge is 0.255 e. The van der Waals surface area contributed by atoms with E-state index in [2.05, 4.69) is 10.6 Å². The summed E-state index contributed by atoms with van der Waals surface area (Å²) in [5.74, 6) is -0.172. The van der Waals surface area contributed by atoms with Crippen LogP contribution in [-0.2, 0) is 4.79 Å². The zero-order chi connectivity index (χ0) is 21.7. The number of nitrogens with one attached hydrogen (secondary N) is 2. The monoisotopic (exact) mass is 418 g/mol. The van der Waals surface area contributed by atoms with Gasteiger partial charge in [0.15, 0.2) is 0 Å². The van der Waals surface area contributed by atoms with Crippen LogP contribution in [0.4, 0.5) is 11.4 Å². The van der Waals surface area contributed by atoms with Crippen molar-refractivity contribution in [3.8, 4) is 0 Å². The molecule has 3 aromatic rings. The molecule has 0 bridgehead atoms. The van der Waals surface area contributed by atoms with Crippen LogP contribution in [0.1, 0.15) is 34.0 Å². The minimum absolute atomic E-state index is 0.0331. The summed E-state index contributed by atoms with van der Waals surface area (Å²) in [6.07, 6.45) is 0. The van der Waals surface area contributed by atoms with Gasteiger partial charge in [0.2, 0.25) is 5.91 Å². The molecule has 4 nitrogen and oxygen atoms in total. The molecule has 1 atom stereocenters. The first-order chi connectivity index (χ1) is 14.3. The highest BCUT2D eigenvalue weighted by Crippen LogP contribution is 2.27. The van der Waals surface area contributed by atoms with Crippen LogP contribution in [0.15, 0.2) is 71.6 Å². The summed E-state index contributed by atoms with van der Waals surface area (Å²) in [5.41, 5.74) is 5.37. The quantitative estimate of drug-likeness (QED) is 0.484. The first-order valence-corrected chi connectivity index (χ1v) is 10.7. The fourth-order valence-electron chi connectivity index (χ4n) is 3.10. The molecule has 0 aliphatic carbocycles. The van der Waals surface area contributed by atoms with Gasteiger partial charge >= 0.3 is 0 Å². The van der Waals surface area contributed by atoms with Crippen LogP contribution in [-0.4, -0.2) is 17.1 Å². The van der Waals surface area contributed by atoms with E-state index in [4.69, 9.17) is 0 Å². The second-order valence-corrected chi connectivity index (χ2v) is 8.78. The first kappa shape index (κ1) is 21.7. The summed E-state index contributed by atoms with van der Waals surface area (Å²) in [6.45, 7) is 7.83. The molecule has 5 heteroatoms. The number of benzene rings is 3. The number of carbonyl (C=O) groups is 2. The number of hydrogen-bond donors (Lipinski definition) is 2. The number of anilines is 2. The molecule has 0 saturated heterocycles. The molecular formula is C25H26N2O2S. The third-order valence-corrected chi connectivity index (χ3v) is 5.92. The highest BCUT2D eigenvalue weighted by Gasteiger charge is 2.16. The van der Waals surface area contributed by atoms with Crippen LogP contribution in [0.2, 0.25) is 0 Å². The minimum Gasteiger partial charge on any atom is -0.325 e. The van der Waals surface area contributed by atoms with Gasteiger partial charge in [0.25, 0.3) is 5.91 Å². The fourth-order valence-corrected chi connectivity index (χ4v) is 3.97. The zero-order valence-electron chi connectivity index (χ0n) is 17.7. The normalized spacial score (nSPS) is 11.6. The Morgan fingerprint density at radius 2 is 1.47 bits per heavy atom. The number of para-hydroxylation sites is 1. The molecule has 30 heavy (non-hydrogen) atoms. The summed E-state index contributed by atoms with van der Waals surface area (Å²) in [5, 5.41) is 5.70. The average Bonchev–Trinajstić information content (AvgIpc) is 2.72. The summed E-state index contributed by atoms with van der Waals surface area (Å²) in [6, 6.07) is 21.0. The molecule has 0 aliphatic heterocycles. The molecule has 2 N–H and O–H groups in total. The van der Waals surface area contributed by atoms with Crippen molar-refractivity contribution in [3.05, 3.63) is 89.0 Å². The third-order valence-electron chi connectivity index (χ3n) is 4.80. The van der Waals surface area contributed by atoms with Crippen LogP contribution < -0.4 is 10.6 Å². The topological polar surface area (TPSA) is 58.2 Å². The van der Waals surface area contributed by atoms with Gasteiger partial charge in [0, 0.05) is 21.8 Å². The Balaban J connectivity index is 1.59. The molecule has 0 spiro atoms. The maximum Gasteiger partial charge on any atom is 0.255 e. The standard InChI is InChI=1S/C25H26N2O2S/c1-16-7-5-10-20(15-16)25(29)26-21-11-13-22(14-12-21)30-19(4)24(28)27-23-17(2)8-6-9-18(23)3/h5-15,19H,1-4H3,(H,26,29)(H,27,28). The van der Waals surface area contributed by atoms with Crippen molar-refractivity contribution in [3.63, 3.8) is 0 Å². The molecule has 0 aromatic heterocycles. The molecule has 0 saturated carbocycles. The molecule has 0 heterocycles. The minimum atomic E-state index is -0.253. The number of carbonyl (C=O) groups excluding carboxylic acids is 2. The van der Waals surface area contributed by atoms with Crippen LogP contribution >= 0.6 is 11.8 Å². The Morgan fingerprint density at radius 3 is 2.10 bits per heavy atom. The van der Waals surface area contributed by atoms with E-state index in [1.54, 1.807) is 6.07 Å². The van der Waals surface area contributed by atoms with E-state index < -0.39 is 0 Å². The summed E-state index contributed by atoms with van der Waals surface area (Å²) >= 11 is 1.48. The van der Waals surface area contributed by atoms with Gasteiger partial charge in [-0.2, -0.15) is 0 Å². The average molecular weight is 419 g/mol. The number of aryl methyl sites for hydroxylation is 3. The van der Waals surface area contributed by atoms with Crippen molar-refractivity contribution >= 4 is 35.0 Å². The van der Waals surface area contributed by atoms with Gasteiger partial charge < -0.3 is 10.6 Å². The van der Waals surface area contributed by atoms with E-state index in [1.807, 2.05) is 88.4 Å². The van der Waals surface area contributed by atoms with E-state index in [0.29, 0.717) is 5.56 Å².